The molecule has 5 aromatic rings. The molecular weight excluding hydrogens is 891 g/mol. The molecule has 4 amide bonds. The van der Waals surface area contributed by atoms with E-state index in [2.05, 4.69) is 31.2 Å². The molecule has 7 rings (SSSR count). The monoisotopic (exact) mass is 944 g/mol. The van der Waals surface area contributed by atoms with Crippen molar-refractivity contribution < 1.29 is 33.4 Å². The van der Waals surface area contributed by atoms with Crippen LogP contribution >= 0.6 is 34.3 Å². The highest BCUT2D eigenvalue weighted by molar-refractivity contribution is 7.13. The molecule has 1 aliphatic carbocycles. The summed E-state index contributed by atoms with van der Waals surface area (Å²) >= 11 is 9.00. The minimum atomic E-state index is -1.03. The zero-order valence-electron chi connectivity index (χ0n) is 36.7. The van der Waals surface area contributed by atoms with Crippen molar-refractivity contribution in [2.45, 2.75) is 103 Å². The fourth-order valence-electron chi connectivity index (χ4n) is 8.38. The fraction of sp³-hybridized carbons (Fsp3) is 0.426. The van der Waals surface area contributed by atoms with E-state index >= 15 is 0 Å². The van der Waals surface area contributed by atoms with E-state index < -0.39 is 52.6 Å². The van der Waals surface area contributed by atoms with Crippen LogP contribution in [0.4, 0.5) is 15.3 Å². The van der Waals surface area contributed by atoms with Gasteiger partial charge in [0.1, 0.15) is 17.9 Å². The maximum absolute atomic E-state index is 14.7. The van der Waals surface area contributed by atoms with E-state index in [0.717, 1.165) is 21.7 Å². The van der Waals surface area contributed by atoms with Crippen LogP contribution < -0.4 is 26.0 Å². The molecule has 0 spiro atoms. The van der Waals surface area contributed by atoms with Gasteiger partial charge in [-0.3, -0.25) is 19.2 Å². The van der Waals surface area contributed by atoms with Crippen molar-refractivity contribution in [3.63, 3.8) is 0 Å². The number of nitrogens with one attached hydrogen (secondary N) is 4. The third-order valence-electron chi connectivity index (χ3n) is 11.9. The van der Waals surface area contributed by atoms with Crippen LogP contribution in [-0.4, -0.2) is 86.0 Å². The molecule has 3 atom stereocenters. The van der Waals surface area contributed by atoms with Gasteiger partial charge in [0.05, 0.1) is 38.7 Å². The first-order chi connectivity index (χ1) is 31.1. The second-order valence-corrected chi connectivity index (χ2v) is 19.9. The molecule has 4 heterocycles. The minimum absolute atomic E-state index is 0.0115. The average molecular weight is 946 g/mol. The number of benzene rings is 2. The Bertz CT molecular complexity index is 2460. The molecule has 0 radical (unpaired) electrons. The van der Waals surface area contributed by atoms with Crippen LogP contribution in [0.3, 0.4) is 0 Å². The van der Waals surface area contributed by atoms with Gasteiger partial charge in [0.15, 0.2) is 16.7 Å². The molecule has 3 aromatic heterocycles. The van der Waals surface area contributed by atoms with Gasteiger partial charge in [0.25, 0.3) is 0 Å². The second-order valence-electron chi connectivity index (χ2n) is 17.8. The first kappa shape index (κ1) is 47.5. The number of thiazole rings is 2. The number of aliphatic hydroxyl groups is 1. The van der Waals surface area contributed by atoms with Gasteiger partial charge in [0, 0.05) is 56.2 Å². The molecule has 2 fully saturated rings. The first-order valence-corrected chi connectivity index (χ1v) is 23.8. The number of ether oxygens (including phenoxy) is 1. The summed E-state index contributed by atoms with van der Waals surface area (Å²) in [4.78, 5) is 71.5. The molecule has 344 valence electrons. The summed E-state index contributed by atoms with van der Waals surface area (Å²) in [7, 11) is 0. The Hall–Kier alpha value is -5.49. The maximum atomic E-state index is 14.7. The highest BCUT2D eigenvalue weighted by Gasteiger charge is 2.45. The molecule has 2 aromatic carbocycles. The molecule has 1 saturated carbocycles. The number of carbonyl (C=O) groups is 4. The number of likely N-dealkylation sites (tertiary alicyclic amines) is 1. The van der Waals surface area contributed by atoms with Crippen molar-refractivity contribution in [3.8, 4) is 16.2 Å². The summed E-state index contributed by atoms with van der Waals surface area (Å²) in [5.41, 5.74) is 3.66. The molecule has 0 bridgehead atoms. The van der Waals surface area contributed by atoms with Crippen LogP contribution in [-0.2, 0) is 32.1 Å². The van der Waals surface area contributed by atoms with Gasteiger partial charge >= 0.3 is 0 Å². The number of amides is 4. The number of aryl methyl sites for hydroxylation is 1. The lowest BCUT2D eigenvalue weighted by molar-refractivity contribution is -0.144. The van der Waals surface area contributed by atoms with Gasteiger partial charge in [-0.25, -0.2) is 19.3 Å². The predicted octanol–water partition coefficient (Wildman–Crippen LogP) is 7.37. The molecule has 2 aliphatic rings. The van der Waals surface area contributed by atoms with E-state index in [1.165, 1.54) is 28.4 Å². The summed E-state index contributed by atoms with van der Waals surface area (Å²) in [5.74, 6) is -1.60. The fourth-order valence-corrected chi connectivity index (χ4v) is 9.89. The number of aromatic nitrogens is 3. The first-order valence-electron chi connectivity index (χ1n) is 21.6. The normalized spacial score (nSPS) is 20.2. The number of nitrogens with zero attached hydrogens (tertiary/aromatic N) is 4. The van der Waals surface area contributed by atoms with Gasteiger partial charge in [-0.05, 0) is 73.4 Å². The number of carbonyl (C=O) groups excluding carboxylic acids is 4. The molecule has 5 N–H and O–H groups in total. The second kappa shape index (κ2) is 20.8. The van der Waals surface area contributed by atoms with Crippen LogP contribution in [0.15, 0.2) is 77.8 Å². The highest BCUT2D eigenvalue weighted by atomic mass is 35.5. The van der Waals surface area contributed by atoms with Crippen LogP contribution in [0.25, 0.3) is 10.4 Å². The van der Waals surface area contributed by atoms with E-state index in [0.29, 0.717) is 48.7 Å². The van der Waals surface area contributed by atoms with Crippen LogP contribution in [0.1, 0.15) is 76.2 Å². The largest absolute Gasteiger partial charge is 0.487 e. The van der Waals surface area contributed by atoms with Crippen LogP contribution in [0, 0.1) is 23.6 Å². The summed E-state index contributed by atoms with van der Waals surface area (Å²) in [6.45, 7) is 7.57. The Balaban J connectivity index is 0.970. The molecular formula is C47H54ClFN8O6S2. The van der Waals surface area contributed by atoms with Crippen molar-refractivity contribution in [2.24, 2.45) is 10.8 Å². The number of halogens is 2. The summed E-state index contributed by atoms with van der Waals surface area (Å²) < 4.78 is 20.8. The minimum Gasteiger partial charge on any atom is -0.487 e. The Labute approximate surface area is 390 Å². The van der Waals surface area contributed by atoms with Crippen molar-refractivity contribution >= 4 is 68.9 Å². The van der Waals surface area contributed by atoms with Crippen molar-refractivity contribution in [1.29, 1.82) is 0 Å². The number of hydrogen-bond donors (Lipinski definition) is 5. The Kier molecular flexibility index (Phi) is 15.2. The number of aliphatic hydroxyl groups excluding tert-OH is 1. The molecule has 1 aliphatic heterocycles. The number of anilines is 2. The summed E-state index contributed by atoms with van der Waals surface area (Å²) in [5, 5.41) is 25.2. The van der Waals surface area contributed by atoms with Gasteiger partial charge in [-0.15, -0.1) is 22.7 Å². The van der Waals surface area contributed by atoms with Gasteiger partial charge in [0.2, 0.25) is 23.6 Å². The quantitative estimate of drug-likeness (QED) is 0.0669. The topological polar surface area (TPSA) is 188 Å². The van der Waals surface area contributed by atoms with Crippen LogP contribution in [0.5, 0.6) is 5.75 Å². The molecule has 0 unspecified atom stereocenters. The lowest BCUT2D eigenvalue weighted by atomic mass is 9.69. The third-order valence-corrected chi connectivity index (χ3v) is 13.9. The Morgan fingerprint density at radius 1 is 1.02 bits per heavy atom. The maximum Gasteiger partial charge on any atom is 0.246 e. The van der Waals surface area contributed by atoms with Gasteiger partial charge < -0.3 is 36.0 Å². The zero-order valence-corrected chi connectivity index (χ0v) is 39.1. The molecule has 18 heteroatoms. The van der Waals surface area contributed by atoms with E-state index in [9.17, 15) is 28.7 Å². The van der Waals surface area contributed by atoms with Crippen LogP contribution in [0.2, 0.25) is 5.02 Å². The smallest absolute Gasteiger partial charge is 0.246 e. The number of β-amino-alcohol motifs (C(OH)–C–C–N with tert-alkyl or cyclic N) is 1. The third kappa shape index (κ3) is 11.9. The SMILES string of the molecule is Cc1ncsc1-c1ccc(CNC(=O)[C@@H]2C[C@@H](O)CN2C(=O)[C@@H](NC(=O)CCNC(=O)C2(Cc3cccc(Nc4nccs4)n3)CCC(Oc3cccc(Cl)c3F)CC2)C(C)(C)C)cc1. The van der Waals surface area contributed by atoms with Crippen molar-refractivity contribution in [1.82, 2.24) is 35.8 Å². The Morgan fingerprint density at radius 3 is 2.46 bits per heavy atom. The van der Waals surface area contributed by atoms with Gasteiger partial charge in [-0.1, -0.05) is 68.8 Å². The van der Waals surface area contributed by atoms with Crippen molar-refractivity contribution in [2.75, 3.05) is 18.4 Å². The summed E-state index contributed by atoms with van der Waals surface area (Å²) in [6.07, 6.45) is 2.38. The standard InChI is InChI=1S/C47H54ClFN8O6S2/c1-28-40(65-27-53-28)30-13-11-29(12-14-30)25-52-42(60)35-23-32(58)26-57(35)43(61)41(46(2,3)4)56-38(59)17-20-50-44(62)47(24-31-7-5-10-37(54-31)55-45-51-21-22-64-45)18-15-33(16-19-47)63-36-9-6-8-34(48)39(36)49/h5-14,21-22,27,32-33,35,41,58H,15-20,23-26H2,1-4H3,(H,50,62)(H,52,60)(H,56,59)(H,51,54,55)/t32-,33?,35+,41-,47?/m1/s1. The molecule has 14 nitrogen and oxygen atoms in total. The van der Waals surface area contributed by atoms with E-state index in [1.807, 2.05) is 75.5 Å². The van der Waals surface area contributed by atoms with E-state index in [1.54, 1.807) is 29.1 Å². The number of pyridine rings is 1. The lowest BCUT2D eigenvalue weighted by Crippen LogP contribution is -2.58. The highest BCUT2D eigenvalue weighted by Crippen LogP contribution is 2.41. The lowest BCUT2D eigenvalue weighted by Gasteiger charge is -2.39. The van der Waals surface area contributed by atoms with Crippen molar-refractivity contribution in [3.05, 3.63) is 106 Å². The van der Waals surface area contributed by atoms with E-state index in [-0.39, 0.29) is 55.3 Å². The van der Waals surface area contributed by atoms with Gasteiger partial charge in [-0.2, -0.15) is 0 Å². The molecule has 1 saturated heterocycles. The predicted molar refractivity (Wildman–Crippen MR) is 249 cm³/mol. The number of hydrogen-bond acceptors (Lipinski definition) is 12. The Morgan fingerprint density at radius 2 is 1.77 bits per heavy atom. The molecule has 65 heavy (non-hydrogen) atoms. The van der Waals surface area contributed by atoms with E-state index in [4.69, 9.17) is 21.3 Å². The average Bonchev–Trinajstić information content (AvgIpc) is 4.06. The number of rotatable bonds is 16. The zero-order chi connectivity index (χ0) is 46.3. The summed E-state index contributed by atoms with van der Waals surface area (Å²) in [6, 6.07) is 16.0.